The first-order chi connectivity index (χ1) is 13.4. The molecule has 0 saturated carbocycles. The van der Waals surface area contributed by atoms with Crippen LogP contribution in [0.5, 0.6) is 0 Å². The minimum absolute atomic E-state index is 0.103. The molecule has 10 heteroatoms. The lowest BCUT2D eigenvalue weighted by atomic mass is 10.2. The maximum atomic E-state index is 12.9. The van der Waals surface area contributed by atoms with E-state index in [1.54, 1.807) is 19.1 Å². The van der Waals surface area contributed by atoms with Crippen LogP contribution in [0.1, 0.15) is 28.8 Å². The molecule has 1 amide bonds. The van der Waals surface area contributed by atoms with Crippen molar-refractivity contribution in [1.29, 1.82) is 0 Å². The zero-order chi connectivity index (χ0) is 20.3. The first-order valence-electron chi connectivity index (χ1n) is 8.45. The topological polar surface area (TPSA) is 116 Å². The van der Waals surface area contributed by atoms with E-state index in [4.69, 9.17) is 9.26 Å². The van der Waals surface area contributed by atoms with Gasteiger partial charge in [-0.3, -0.25) is 14.2 Å². The van der Waals surface area contributed by atoms with Gasteiger partial charge in [0.15, 0.2) is 0 Å². The second-order valence-electron chi connectivity index (χ2n) is 5.89. The van der Waals surface area contributed by atoms with Crippen LogP contribution in [0.4, 0.5) is 4.39 Å². The molecule has 1 N–H and O–H groups in total. The van der Waals surface area contributed by atoms with Crippen molar-refractivity contribution in [3.63, 3.8) is 0 Å². The number of aromatic nitrogens is 3. The number of aryl methyl sites for hydroxylation is 1. The van der Waals surface area contributed by atoms with E-state index in [-0.39, 0.29) is 48.1 Å². The van der Waals surface area contributed by atoms with E-state index >= 15 is 0 Å². The molecule has 0 spiro atoms. The molecule has 28 heavy (non-hydrogen) atoms. The molecule has 2 heterocycles. The predicted molar refractivity (Wildman–Crippen MR) is 95.0 cm³/mol. The number of halogens is 1. The number of amides is 1. The Balaban J connectivity index is 1.82. The van der Waals surface area contributed by atoms with Crippen LogP contribution in [0, 0.1) is 12.7 Å². The van der Waals surface area contributed by atoms with Crippen molar-refractivity contribution in [2.45, 2.75) is 26.9 Å². The molecule has 0 atom stereocenters. The number of carbonyl (C=O) groups excluding carboxylic acids is 2. The van der Waals surface area contributed by atoms with Crippen LogP contribution in [0.2, 0.25) is 0 Å². The molecule has 0 saturated heterocycles. The normalized spacial score (nSPS) is 10.8. The second-order valence-corrected chi connectivity index (χ2v) is 5.89. The number of nitrogens with zero attached hydrogens (tertiary/aromatic N) is 3. The number of hydrogen-bond donors (Lipinski definition) is 1. The van der Waals surface area contributed by atoms with Crippen molar-refractivity contribution in [1.82, 2.24) is 20.0 Å². The van der Waals surface area contributed by atoms with Crippen molar-refractivity contribution in [3.8, 4) is 0 Å². The highest BCUT2D eigenvalue weighted by Crippen LogP contribution is 2.14. The summed E-state index contributed by atoms with van der Waals surface area (Å²) in [5, 5.41) is 6.06. The molecular formula is C18H17FN4O5. The number of carbonyl (C=O) groups is 2. The van der Waals surface area contributed by atoms with Crippen LogP contribution in [0.15, 0.2) is 33.6 Å². The summed E-state index contributed by atoms with van der Waals surface area (Å²) in [7, 11) is 0. The molecule has 1 aromatic carbocycles. The first kappa shape index (κ1) is 19.2. The van der Waals surface area contributed by atoms with Gasteiger partial charge < -0.3 is 14.6 Å². The molecule has 0 aliphatic rings. The van der Waals surface area contributed by atoms with Gasteiger partial charge in [0.1, 0.15) is 23.6 Å². The maximum Gasteiger partial charge on any atom is 0.361 e. The van der Waals surface area contributed by atoms with Crippen LogP contribution < -0.4 is 10.9 Å². The lowest BCUT2D eigenvalue weighted by Crippen LogP contribution is -2.34. The molecule has 0 aliphatic carbocycles. The molecule has 0 radical (unpaired) electrons. The summed E-state index contributed by atoms with van der Waals surface area (Å²) in [6.45, 7) is 3.10. The summed E-state index contributed by atoms with van der Waals surface area (Å²) in [6.07, 6.45) is 0. The fraction of sp³-hybridized carbons (Fsp3) is 0.278. The van der Waals surface area contributed by atoms with Crippen LogP contribution in [-0.2, 0) is 22.6 Å². The van der Waals surface area contributed by atoms with E-state index in [0.29, 0.717) is 5.56 Å². The summed E-state index contributed by atoms with van der Waals surface area (Å²) in [5.74, 6) is -1.41. The zero-order valence-corrected chi connectivity index (χ0v) is 15.2. The third-order valence-electron chi connectivity index (χ3n) is 3.96. The molecule has 0 fully saturated rings. The van der Waals surface area contributed by atoms with Crippen LogP contribution >= 0.6 is 0 Å². The van der Waals surface area contributed by atoms with E-state index in [9.17, 15) is 18.8 Å². The van der Waals surface area contributed by atoms with E-state index in [1.165, 1.54) is 19.1 Å². The SMILES string of the molecule is CCOC(=O)c1noc2nc(C)n(CC(=O)NCc3ccc(F)cc3)c(=O)c12. The fourth-order valence-corrected chi connectivity index (χ4v) is 2.57. The van der Waals surface area contributed by atoms with E-state index in [0.717, 1.165) is 4.57 Å². The minimum Gasteiger partial charge on any atom is -0.461 e. The summed E-state index contributed by atoms with van der Waals surface area (Å²) in [5.41, 5.74) is -0.317. The van der Waals surface area contributed by atoms with Crippen molar-refractivity contribution < 1.29 is 23.2 Å². The average Bonchev–Trinajstić information content (AvgIpc) is 3.09. The van der Waals surface area contributed by atoms with E-state index < -0.39 is 17.4 Å². The molecule has 3 aromatic rings. The Morgan fingerprint density at radius 2 is 2.00 bits per heavy atom. The van der Waals surface area contributed by atoms with Crippen molar-refractivity contribution in [3.05, 3.63) is 57.5 Å². The largest absolute Gasteiger partial charge is 0.461 e. The molecule has 2 aromatic heterocycles. The van der Waals surface area contributed by atoms with Crippen molar-refractivity contribution in [2.24, 2.45) is 0 Å². The number of fused-ring (bicyclic) bond motifs is 1. The Morgan fingerprint density at radius 3 is 2.68 bits per heavy atom. The van der Waals surface area contributed by atoms with Gasteiger partial charge in [-0.1, -0.05) is 17.3 Å². The Bertz CT molecular complexity index is 1090. The van der Waals surface area contributed by atoms with Crippen molar-refractivity contribution in [2.75, 3.05) is 6.61 Å². The fourth-order valence-electron chi connectivity index (χ4n) is 2.57. The average molecular weight is 388 g/mol. The summed E-state index contributed by atoms with van der Waals surface area (Å²) >= 11 is 0. The van der Waals surface area contributed by atoms with Crippen LogP contribution in [0.3, 0.4) is 0 Å². The lowest BCUT2D eigenvalue weighted by Gasteiger charge is -2.10. The number of benzene rings is 1. The van der Waals surface area contributed by atoms with Gasteiger partial charge in [-0.15, -0.1) is 0 Å². The third-order valence-corrected chi connectivity index (χ3v) is 3.96. The van der Waals surface area contributed by atoms with Gasteiger partial charge in [-0.2, -0.15) is 4.98 Å². The highest BCUT2D eigenvalue weighted by molar-refractivity contribution is 5.99. The number of esters is 1. The smallest absolute Gasteiger partial charge is 0.361 e. The van der Waals surface area contributed by atoms with Crippen molar-refractivity contribution >= 4 is 23.0 Å². The quantitative estimate of drug-likeness (QED) is 0.633. The number of ether oxygens (including phenoxy) is 1. The van der Waals surface area contributed by atoms with Gasteiger partial charge in [0.25, 0.3) is 11.3 Å². The maximum absolute atomic E-state index is 12.9. The van der Waals surface area contributed by atoms with Crippen LogP contribution in [0.25, 0.3) is 11.1 Å². The molecule has 146 valence electrons. The van der Waals surface area contributed by atoms with Gasteiger partial charge >= 0.3 is 5.97 Å². The Kier molecular flexibility index (Phi) is 5.48. The summed E-state index contributed by atoms with van der Waals surface area (Å²) < 4.78 is 23.8. The third kappa shape index (κ3) is 3.90. The lowest BCUT2D eigenvalue weighted by molar-refractivity contribution is -0.121. The summed E-state index contributed by atoms with van der Waals surface area (Å²) in [6, 6.07) is 5.67. The number of hydrogen-bond acceptors (Lipinski definition) is 7. The minimum atomic E-state index is -0.809. The van der Waals surface area contributed by atoms with Gasteiger partial charge in [-0.05, 0) is 31.5 Å². The van der Waals surface area contributed by atoms with E-state index in [2.05, 4.69) is 15.5 Å². The highest BCUT2D eigenvalue weighted by Gasteiger charge is 2.24. The standard InChI is InChI=1S/C18H17FN4O5/c1-3-27-18(26)15-14-16(28-22-15)21-10(2)23(17(14)25)9-13(24)20-8-11-4-6-12(19)7-5-11/h4-7H,3,8-9H2,1-2H3,(H,20,24). The molecule has 0 unspecified atom stereocenters. The Hall–Kier alpha value is -3.56. The number of nitrogens with one attached hydrogen (secondary N) is 1. The molecule has 3 rings (SSSR count). The molecular weight excluding hydrogens is 371 g/mol. The van der Waals surface area contributed by atoms with E-state index in [1.807, 2.05) is 0 Å². The predicted octanol–water partition coefficient (Wildman–Crippen LogP) is 1.33. The van der Waals surface area contributed by atoms with Crippen LogP contribution in [-0.4, -0.2) is 33.2 Å². The second kappa shape index (κ2) is 7.99. The monoisotopic (exact) mass is 388 g/mol. The first-order valence-corrected chi connectivity index (χ1v) is 8.45. The van der Waals surface area contributed by atoms with Gasteiger partial charge in [0.05, 0.1) is 6.61 Å². The zero-order valence-electron chi connectivity index (χ0n) is 15.2. The van der Waals surface area contributed by atoms with Gasteiger partial charge in [0, 0.05) is 6.54 Å². The molecule has 0 bridgehead atoms. The van der Waals surface area contributed by atoms with Gasteiger partial charge in [0.2, 0.25) is 11.6 Å². The molecule has 9 nitrogen and oxygen atoms in total. The Labute approximate surface area is 158 Å². The number of rotatable bonds is 6. The summed E-state index contributed by atoms with van der Waals surface area (Å²) in [4.78, 5) is 41.1. The Morgan fingerprint density at radius 1 is 1.29 bits per heavy atom. The highest BCUT2D eigenvalue weighted by atomic mass is 19.1. The molecule has 0 aliphatic heterocycles. The van der Waals surface area contributed by atoms with Gasteiger partial charge in [-0.25, -0.2) is 9.18 Å².